The first-order valence-electron chi connectivity index (χ1n) is 5.39. The van der Waals surface area contributed by atoms with E-state index in [1.54, 1.807) is 12.1 Å². The molecule has 0 aromatic heterocycles. The number of hydrogen-bond acceptors (Lipinski definition) is 1. The molecule has 98 valence electrons. The molecule has 0 atom stereocenters. The maximum atomic E-state index is 13.5. The van der Waals surface area contributed by atoms with E-state index in [0.717, 1.165) is 6.07 Å². The van der Waals surface area contributed by atoms with Gasteiger partial charge in [0.05, 0.1) is 5.02 Å². The number of carbonyl (C=O) groups is 1. The highest BCUT2D eigenvalue weighted by molar-refractivity contribution is 9.10. The summed E-state index contributed by atoms with van der Waals surface area (Å²) in [5.74, 6) is -1.37. The number of benzene rings is 2. The number of Topliss-reactive ketones (excluding diaryl/α,β-unsaturated/α-hetero) is 1. The third-order valence-corrected chi connectivity index (χ3v) is 3.38. The molecule has 0 amide bonds. The lowest BCUT2D eigenvalue weighted by atomic mass is 10.0. The Bertz CT molecular complexity index is 643. The molecule has 0 spiro atoms. The molecular weight excluding hydrogens is 338 g/mol. The fraction of sp³-hybridized carbons (Fsp3) is 0.0714. The fourth-order valence-corrected chi connectivity index (χ4v) is 2.21. The van der Waals surface area contributed by atoms with Gasteiger partial charge < -0.3 is 0 Å². The Labute approximate surface area is 122 Å². The van der Waals surface area contributed by atoms with Crippen LogP contribution in [0.4, 0.5) is 8.78 Å². The largest absolute Gasteiger partial charge is 0.294 e. The van der Waals surface area contributed by atoms with Crippen molar-refractivity contribution in [3.05, 3.63) is 68.7 Å². The molecule has 2 aromatic rings. The summed E-state index contributed by atoms with van der Waals surface area (Å²) in [5, 5.41) is -0.124. The molecule has 2 aromatic carbocycles. The lowest BCUT2D eigenvalue weighted by Crippen LogP contribution is -2.05. The third kappa shape index (κ3) is 3.39. The number of rotatable bonds is 3. The van der Waals surface area contributed by atoms with Gasteiger partial charge in [-0.05, 0) is 42.0 Å². The second kappa shape index (κ2) is 5.80. The first-order chi connectivity index (χ1) is 8.97. The van der Waals surface area contributed by atoms with Crippen LogP contribution in [0.3, 0.4) is 0 Å². The Kier molecular flexibility index (Phi) is 4.32. The van der Waals surface area contributed by atoms with Gasteiger partial charge in [0.15, 0.2) is 5.78 Å². The third-order valence-electron chi connectivity index (χ3n) is 2.60. The van der Waals surface area contributed by atoms with E-state index in [0.29, 0.717) is 4.47 Å². The van der Waals surface area contributed by atoms with E-state index in [2.05, 4.69) is 15.9 Å². The van der Waals surface area contributed by atoms with Crippen molar-refractivity contribution in [2.24, 2.45) is 0 Å². The Morgan fingerprint density at radius 2 is 1.79 bits per heavy atom. The van der Waals surface area contributed by atoms with Gasteiger partial charge in [-0.3, -0.25) is 4.79 Å². The van der Waals surface area contributed by atoms with Gasteiger partial charge in [-0.1, -0.05) is 27.5 Å². The average Bonchev–Trinajstić information content (AvgIpc) is 2.37. The van der Waals surface area contributed by atoms with Crippen molar-refractivity contribution in [2.75, 3.05) is 0 Å². The average molecular weight is 346 g/mol. The predicted molar refractivity (Wildman–Crippen MR) is 73.5 cm³/mol. The molecule has 2 rings (SSSR count). The van der Waals surface area contributed by atoms with Crippen LogP contribution in [0.1, 0.15) is 15.9 Å². The minimum Gasteiger partial charge on any atom is -0.294 e. The first kappa shape index (κ1) is 14.2. The van der Waals surface area contributed by atoms with Gasteiger partial charge in [-0.25, -0.2) is 8.78 Å². The van der Waals surface area contributed by atoms with Crippen LogP contribution in [0.2, 0.25) is 5.02 Å². The van der Waals surface area contributed by atoms with Gasteiger partial charge in [0.2, 0.25) is 0 Å². The normalized spacial score (nSPS) is 10.5. The fourth-order valence-electron chi connectivity index (χ4n) is 1.62. The summed E-state index contributed by atoms with van der Waals surface area (Å²) in [4.78, 5) is 12.0. The maximum absolute atomic E-state index is 13.5. The highest BCUT2D eigenvalue weighted by Gasteiger charge is 2.12. The number of carbonyl (C=O) groups excluding carboxylic acids is 1. The van der Waals surface area contributed by atoms with E-state index in [-0.39, 0.29) is 28.4 Å². The highest BCUT2D eigenvalue weighted by Crippen LogP contribution is 2.20. The lowest BCUT2D eigenvalue weighted by molar-refractivity contribution is 0.0992. The zero-order valence-corrected chi connectivity index (χ0v) is 11.9. The van der Waals surface area contributed by atoms with Gasteiger partial charge in [0.1, 0.15) is 11.6 Å². The zero-order chi connectivity index (χ0) is 14.0. The molecule has 0 saturated carbocycles. The zero-order valence-electron chi connectivity index (χ0n) is 9.59. The summed E-state index contributed by atoms with van der Waals surface area (Å²) in [6, 6.07) is 8.07. The van der Waals surface area contributed by atoms with Crippen LogP contribution in [0.15, 0.2) is 40.9 Å². The highest BCUT2D eigenvalue weighted by atomic mass is 79.9. The SMILES string of the molecule is O=C(Cc1cc(Br)ccc1F)c1ccc(F)c(Cl)c1. The standard InChI is InChI=1S/C14H8BrClF2O/c15-10-2-4-12(17)9(5-10)7-14(19)8-1-3-13(18)11(16)6-8/h1-6H,7H2. The topological polar surface area (TPSA) is 17.1 Å². The maximum Gasteiger partial charge on any atom is 0.167 e. The second-order valence-electron chi connectivity index (χ2n) is 3.96. The Balaban J connectivity index is 2.25. The molecule has 0 saturated heterocycles. The predicted octanol–water partition coefficient (Wildman–Crippen LogP) is 4.81. The number of halogens is 4. The van der Waals surface area contributed by atoms with E-state index in [1.807, 2.05) is 0 Å². The van der Waals surface area contributed by atoms with Crippen molar-refractivity contribution in [1.29, 1.82) is 0 Å². The van der Waals surface area contributed by atoms with Crippen LogP contribution in [-0.4, -0.2) is 5.78 Å². The molecule has 1 nitrogen and oxygen atoms in total. The quantitative estimate of drug-likeness (QED) is 0.730. The number of hydrogen-bond donors (Lipinski definition) is 0. The first-order valence-corrected chi connectivity index (χ1v) is 6.56. The molecule has 0 aliphatic rings. The van der Waals surface area contributed by atoms with Crippen LogP contribution in [0, 0.1) is 11.6 Å². The molecule has 0 N–H and O–H groups in total. The minimum atomic E-state index is -0.591. The summed E-state index contributed by atoms with van der Waals surface area (Å²) >= 11 is 8.82. The summed E-state index contributed by atoms with van der Waals surface area (Å²) in [5.41, 5.74) is 0.533. The van der Waals surface area contributed by atoms with Crippen LogP contribution in [0.25, 0.3) is 0 Å². The molecule has 0 heterocycles. The van der Waals surface area contributed by atoms with Gasteiger partial charge in [-0.2, -0.15) is 0 Å². The molecule has 0 fully saturated rings. The van der Waals surface area contributed by atoms with E-state index in [4.69, 9.17) is 11.6 Å². The van der Waals surface area contributed by atoms with E-state index in [9.17, 15) is 13.6 Å². The molecule has 0 aliphatic carbocycles. The van der Waals surface area contributed by atoms with Crippen molar-refractivity contribution >= 4 is 33.3 Å². The smallest absolute Gasteiger partial charge is 0.167 e. The molecule has 0 unspecified atom stereocenters. The summed E-state index contributed by atoms with van der Waals surface area (Å²) < 4.78 is 27.2. The van der Waals surface area contributed by atoms with Crippen molar-refractivity contribution < 1.29 is 13.6 Å². The molecule has 0 bridgehead atoms. The van der Waals surface area contributed by atoms with Crippen molar-refractivity contribution in [3.63, 3.8) is 0 Å². The van der Waals surface area contributed by atoms with Crippen LogP contribution in [0.5, 0.6) is 0 Å². The van der Waals surface area contributed by atoms with E-state index >= 15 is 0 Å². The summed E-state index contributed by atoms with van der Waals surface area (Å²) in [6.07, 6.45) is -0.104. The van der Waals surface area contributed by atoms with Gasteiger partial charge >= 0.3 is 0 Å². The Morgan fingerprint density at radius 3 is 2.47 bits per heavy atom. The van der Waals surface area contributed by atoms with Crippen molar-refractivity contribution in [2.45, 2.75) is 6.42 Å². The van der Waals surface area contributed by atoms with E-state index < -0.39 is 11.6 Å². The van der Waals surface area contributed by atoms with Crippen LogP contribution in [-0.2, 0) is 6.42 Å². The van der Waals surface area contributed by atoms with Gasteiger partial charge in [0.25, 0.3) is 0 Å². The molecule has 0 radical (unpaired) electrons. The lowest BCUT2D eigenvalue weighted by Gasteiger charge is -2.05. The molecule has 5 heteroatoms. The van der Waals surface area contributed by atoms with Gasteiger partial charge in [0, 0.05) is 16.5 Å². The van der Waals surface area contributed by atoms with Crippen molar-refractivity contribution in [3.8, 4) is 0 Å². The monoisotopic (exact) mass is 344 g/mol. The molecule has 0 aliphatic heterocycles. The minimum absolute atomic E-state index is 0.104. The molecule has 19 heavy (non-hydrogen) atoms. The van der Waals surface area contributed by atoms with E-state index in [1.165, 1.54) is 18.2 Å². The molecular formula is C14H8BrClF2O. The summed E-state index contributed by atoms with van der Waals surface area (Å²) in [6.45, 7) is 0. The Morgan fingerprint density at radius 1 is 1.11 bits per heavy atom. The Hall–Kier alpha value is -1.26. The van der Waals surface area contributed by atoms with Gasteiger partial charge in [-0.15, -0.1) is 0 Å². The summed E-state index contributed by atoms with van der Waals surface area (Å²) in [7, 11) is 0. The van der Waals surface area contributed by atoms with Crippen LogP contribution < -0.4 is 0 Å². The van der Waals surface area contributed by atoms with Crippen LogP contribution >= 0.6 is 27.5 Å². The number of ketones is 1. The second-order valence-corrected chi connectivity index (χ2v) is 5.29. The van der Waals surface area contributed by atoms with Crippen molar-refractivity contribution in [1.82, 2.24) is 0 Å².